The monoisotopic (exact) mass is 380 g/mol. The average Bonchev–Trinajstić information content (AvgIpc) is 2.97. The Labute approximate surface area is 159 Å². The molecular weight excluding hydrogens is 356 g/mol. The lowest BCUT2D eigenvalue weighted by molar-refractivity contribution is -0.217. The summed E-state index contributed by atoms with van der Waals surface area (Å²) in [7, 11) is 0. The predicted molar refractivity (Wildman–Crippen MR) is 100 cm³/mol. The summed E-state index contributed by atoms with van der Waals surface area (Å²) in [5.41, 5.74) is 1.15. The number of hydroxylamine groups is 2. The maximum atomic E-state index is 11.1. The van der Waals surface area contributed by atoms with Gasteiger partial charge in [-0.3, -0.25) is 9.63 Å². The minimum Gasteiger partial charge on any atom is -0.473 e. The summed E-state index contributed by atoms with van der Waals surface area (Å²) in [6, 6.07) is 7.43. The van der Waals surface area contributed by atoms with E-state index >= 15 is 0 Å². The van der Waals surface area contributed by atoms with Crippen molar-refractivity contribution in [2.45, 2.75) is 46.1 Å². The highest BCUT2D eigenvalue weighted by Gasteiger charge is 2.23. The molecule has 2 rings (SSSR count). The summed E-state index contributed by atoms with van der Waals surface area (Å²) in [5, 5.41) is 5.85. The Morgan fingerprint density at radius 1 is 1.31 bits per heavy atom. The van der Waals surface area contributed by atoms with E-state index in [1.807, 2.05) is 52.8 Å². The van der Waals surface area contributed by atoms with E-state index in [2.05, 4.69) is 5.16 Å². The summed E-state index contributed by atoms with van der Waals surface area (Å²) in [6.45, 7) is 10.2. The summed E-state index contributed by atoms with van der Waals surface area (Å²) < 4.78 is 11.3. The van der Waals surface area contributed by atoms with E-state index in [-0.39, 0.29) is 19.1 Å². The number of aromatic nitrogens is 1. The number of hydrogen-bond acceptors (Lipinski definition) is 5. The summed E-state index contributed by atoms with van der Waals surface area (Å²) in [4.78, 5) is 16.6. The third-order valence-electron chi connectivity index (χ3n) is 3.45. The lowest BCUT2D eigenvalue weighted by Gasteiger charge is -2.26. The molecule has 142 valence electrons. The predicted octanol–water partition coefficient (Wildman–Crippen LogP) is 4.69. The highest BCUT2D eigenvalue weighted by atomic mass is 35.5. The fraction of sp³-hybridized carbons (Fsp3) is 0.474. The first-order valence-corrected chi connectivity index (χ1v) is 8.89. The molecule has 0 N–H and O–H groups in total. The SMILES string of the molecule is CC(C)c1c(OCCN(C=O)OC(C)(C)C)noc1-c1ccccc1Cl. The van der Waals surface area contributed by atoms with Crippen molar-refractivity contribution in [1.29, 1.82) is 0 Å². The second kappa shape index (κ2) is 8.56. The molecule has 0 aliphatic carbocycles. The summed E-state index contributed by atoms with van der Waals surface area (Å²) in [6.07, 6.45) is 0.635. The van der Waals surface area contributed by atoms with Crippen LogP contribution in [0.5, 0.6) is 5.88 Å². The second-order valence-electron chi connectivity index (χ2n) is 7.16. The zero-order valence-corrected chi connectivity index (χ0v) is 16.5. The zero-order valence-electron chi connectivity index (χ0n) is 15.8. The van der Waals surface area contributed by atoms with Gasteiger partial charge in [-0.15, -0.1) is 0 Å². The molecule has 0 aliphatic heterocycles. The number of halogens is 1. The van der Waals surface area contributed by atoms with Gasteiger partial charge in [0.15, 0.2) is 5.76 Å². The number of rotatable bonds is 8. The van der Waals surface area contributed by atoms with Crippen molar-refractivity contribution in [3.8, 4) is 17.2 Å². The van der Waals surface area contributed by atoms with Gasteiger partial charge in [-0.1, -0.05) is 37.6 Å². The Bertz CT molecular complexity index is 737. The third kappa shape index (κ3) is 5.22. The second-order valence-corrected chi connectivity index (χ2v) is 7.57. The molecule has 1 amide bonds. The standard InChI is InChI=1S/C19H25ClN2O4/c1-13(2)16-17(14-8-6-7-9-15(14)20)25-21-18(16)24-11-10-22(12-23)26-19(3,4)5/h6-9,12-13H,10-11H2,1-5H3. The van der Waals surface area contributed by atoms with Crippen LogP contribution in [-0.2, 0) is 9.63 Å². The van der Waals surface area contributed by atoms with Crippen molar-refractivity contribution >= 4 is 18.0 Å². The van der Waals surface area contributed by atoms with Crippen LogP contribution >= 0.6 is 11.6 Å². The van der Waals surface area contributed by atoms with E-state index in [0.717, 1.165) is 11.1 Å². The average molecular weight is 381 g/mol. The molecule has 0 fully saturated rings. The van der Waals surface area contributed by atoms with Gasteiger partial charge in [-0.05, 0) is 44.0 Å². The van der Waals surface area contributed by atoms with Crippen molar-refractivity contribution in [1.82, 2.24) is 10.2 Å². The van der Waals surface area contributed by atoms with Gasteiger partial charge in [0.25, 0.3) is 5.88 Å². The van der Waals surface area contributed by atoms with Crippen molar-refractivity contribution in [3.63, 3.8) is 0 Å². The van der Waals surface area contributed by atoms with E-state index in [1.165, 1.54) is 5.06 Å². The number of nitrogens with zero attached hydrogens (tertiary/aromatic N) is 2. The zero-order chi connectivity index (χ0) is 19.3. The highest BCUT2D eigenvalue weighted by Crippen LogP contribution is 2.38. The van der Waals surface area contributed by atoms with Crippen LogP contribution < -0.4 is 4.74 Å². The van der Waals surface area contributed by atoms with Crippen LogP contribution in [-0.4, -0.2) is 35.4 Å². The van der Waals surface area contributed by atoms with Crippen LogP contribution in [0, 0.1) is 0 Å². The molecule has 0 atom stereocenters. The van der Waals surface area contributed by atoms with Crippen LogP contribution in [0.1, 0.15) is 46.1 Å². The van der Waals surface area contributed by atoms with Crippen LogP contribution in [0.2, 0.25) is 5.02 Å². The van der Waals surface area contributed by atoms with Gasteiger partial charge in [-0.25, -0.2) is 5.06 Å². The molecule has 0 bridgehead atoms. The molecule has 6 nitrogen and oxygen atoms in total. The van der Waals surface area contributed by atoms with Crippen LogP contribution in [0.25, 0.3) is 11.3 Å². The third-order valence-corrected chi connectivity index (χ3v) is 3.78. The molecule has 1 aromatic heterocycles. The molecule has 7 heteroatoms. The van der Waals surface area contributed by atoms with E-state index < -0.39 is 5.60 Å². The van der Waals surface area contributed by atoms with E-state index in [1.54, 1.807) is 6.07 Å². The first kappa shape index (κ1) is 20.3. The molecule has 26 heavy (non-hydrogen) atoms. The largest absolute Gasteiger partial charge is 0.473 e. The molecule has 0 spiro atoms. The maximum Gasteiger partial charge on any atom is 0.258 e. The van der Waals surface area contributed by atoms with Gasteiger partial charge in [0, 0.05) is 5.56 Å². The Balaban J connectivity index is 2.13. The minimum absolute atomic E-state index is 0.121. The fourth-order valence-electron chi connectivity index (χ4n) is 2.44. The number of hydrogen-bond donors (Lipinski definition) is 0. The van der Waals surface area contributed by atoms with Crippen LogP contribution in [0.4, 0.5) is 0 Å². The smallest absolute Gasteiger partial charge is 0.258 e. The molecular formula is C19H25ClN2O4. The quantitative estimate of drug-likeness (QED) is 0.491. The molecule has 2 aromatic rings. The Kier molecular flexibility index (Phi) is 6.67. The first-order valence-electron chi connectivity index (χ1n) is 8.51. The van der Waals surface area contributed by atoms with Gasteiger partial charge in [0.2, 0.25) is 6.41 Å². The molecule has 0 unspecified atom stereocenters. The number of ether oxygens (including phenoxy) is 1. The number of carbonyl (C=O) groups excluding carboxylic acids is 1. The Hall–Kier alpha value is -2.05. The van der Waals surface area contributed by atoms with Crippen molar-refractivity contribution < 1.29 is 18.9 Å². The maximum absolute atomic E-state index is 11.1. The van der Waals surface area contributed by atoms with Gasteiger partial charge in [-0.2, -0.15) is 0 Å². The van der Waals surface area contributed by atoms with Gasteiger partial charge >= 0.3 is 0 Å². The van der Waals surface area contributed by atoms with E-state index in [4.69, 9.17) is 25.7 Å². The molecule has 1 heterocycles. The first-order chi connectivity index (χ1) is 12.2. The van der Waals surface area contributed by atoms with Crippen molar-refractivity contribution in [2.75, 3.05) is 13.2 Å². The fourth-order valence-corrected chi connectivity index (χ4v) is 2.66. The molecule has 0 saturated heterocycles. The minimum atomic E-state index is -0.463. The lowest BCUT2D eigenvalue weighted by atomic mass is 10.00. The van der Waals surface area contributed by atoms with Gasteiger partial charge in [0.05, 0.1) is 22.7 Å². The topological polar surface area (TPSA) is 64.8 Å². The van der Waals surface area contributed by atoms with Gasteiger partial charge in [0.1, 0.15) is 6.61 Å². The van der Waals surface area contributed by atoms with E-state index in [0.29, 0.717) is 23.1 Å². The normalized spacial score (nSPS) is 11.7. The number of carbonyl (C=O) groups is 1. The summed E-state index contributed by atoms with van der Waals surface area (Å²) >= 11 is 6.28. The summed E-state index contributed by atoms with van der Waals surface area (Å²) in [5.74, 6) is 1.12. The molecule has 0 saturated carbocycles. The highest BCUT2D eigenvalue weighted by molar-refractivity contribution is 6.33. The molecule has 1 aromatic carbocycles. The Morgan fingerprint density at radius 3 is 2.58 bits per heavy atom. The number of amides is 1. The van der Waals surface area contributed by atoms with Crippen molar-refractivity contribution in [2.24, 2.45) is 0 Å². The Morgan fingerprint density at radius 2 is 2.00 bits per heavy atom. The number of benzene rings is 1. The van der Waals surface area contributed by atoms with Crippen LogP contribution in [0.15, 0.2) is 28.8 Å². The molecule has 0 radical (unpaired) electrons. The lowest BCUT2D eigenvalue weighted by Crippen LogP contribution is -2.35. The van der Waals surface area contributed by atoms with Gasteiger partial charge < -0.3 is 9.26 Å². The molecule has 0 aliphatic rings. The van der Waals surface area contributed by atoms with Crippen molar-refractivity contribution in [3.05, 3.63) is 34.9 Å². The van der Waals surface area contributed by atoms with E-state index in [9.17, 15) is 4.79 Å². The van der Waals surface area contributed by atoms with Crippen LogP contribution in [0.3, 0.4) is 0 Å².